The monoisotopic (exact) mass is 480 g/mol. The lowest BCUT2D eigenvalue weighted by molar-refractivity contribution is -0.142. The van der Waals surface area contributed by atoms with Crippen LogP contribution in [0.4, 0.5) is 0 Å². The van der Waals surface area contributed by atoms with Crippen LogP contribution in [-0.4, -0.2) is 55.1 Å². The number of H-pyrrole nitrogens is 1. The van der Waals surface area contributed by atoms with Gasteiger partial charge in [0, 0.05) is 17.2 Å². The van der Waals surface area contributed by atoms with E-state index in [1.54, 1.807) is 45.0 Å². The molecule has 0 saturated heterocycles. The van der Waals surface area contributed by atoms with Gasteiger partial charge in [0.15, 0.2) is 5.82 Å². The lowest BCUT2D eigenvalue weighted by Gasteiger charge is -2.27. The van der Waals surface area contributed by atoms with Crippen molar-refractivity contribution in [1.29, 1.82) is 0 Å². The first-order chi connectivity index (χ1) is 16.5. The number of oxazole rings is 1. The Morgan fingerprint density at radius 1 is 1.11 bits per heavy atom. The molecule has 4 rings (SSSR count). The number of aromatic amines is 1. The van der Waals surface area contributed by atoms with Gasteiger partial charge >= 0.3 is 5.97 Å². The zero-order chi connectivity index (χ0) is 25.3. The summed E-state index contributed by atoms with van der Waals surface area (Å²) in [7, 11) is 0. The average molecular weight is 481 g/mol. The van der Waals surface area contributed by atoms with Gasteiger partial charge in [0.2, 0.25) is 17.5 Å². The van der Waals surface area contributed by atoms with Gasteiger partial charge in [-0.2, -0.15) is 0 Å². The van der Waals surface area contributed by atoms with E-state index >= 15 is 0 Å². The van der Waals surface area contributed by atoms with Crippen molar-refractivity contribution in [3.63, 3.8) is 0 Å². The number of hydrogen-bond acceptors (Lipinski definition) is 7. The van der Waals surface area contributed by atoms with Crippen molar-refractivity contribution in [1.82, 2.24) is 30.8 Å². The van der Waals surface area contributed by atoms with Crippen molar-refractivity contribution in [2.75, 3.05) is 0 Å². The van der Waals surface area contributed by atoms with Crippen LogP contribution in [0.2, 0.25) is 0 Å². The quantitative estimate of drug-likeness (QED) is 0.382. The molecule has 184 valence electrons. The fourth-order valence-corrected chi connectivity index (χ4v) is 3.65. The smallest absolute Gasteiger partial charge is 0.326 e. The number of benzene rings is 1. The van der Waals surface area contributed by atoms with Crippen molar-refractivity contribution in [2.24, 2.45) is 11.3 Å². The minimum Gasteiger partial charge on any atom is -0.480 e. The van der Waals surface area contributed by atoms with Gasteiger partial charge in [-0.25, -0.2) is 9.78 Å². The highest BCUT2D eigenvalue weighted by molar-refractivity contribution is 5.94. The summed E-state index contributed by atoms with van der Waals surface area (Å²) < 4.78 is 5.60. The third-order valence-corrected chi connectivity index (χ3v) is 5.89. The molecule has 0 unspecified atom stereocenters. The highest BCUT2D eigenvalue weighted by atomic mass is 16.4. The van der Waals surface area contributed by atoms with Gasteiger partial charge in [-0.05, 0) is 43.2 Å². The lowest BCUT2D eigenvalue weighted by Crippen LogP contribution is -2.49. The third-order valence-electron chi connectivity index (χ3n) is 5.89. The summed E-state index contributed by atoms with van der Waals surface area (Å²) in [5, 5.41) is 22.9. The van der Waals surface area contributed by atoms with Crippen LogP contribution >= 0.6 is 0 Å². The van der Waals surface area contributed by atoms with E-state index in [2.05, 4.69) is 30.8 Å². The molecule has 2 heterocycles. The Morgan fingerprint density at radius 2 is 1.83 bits per heavy atom. The van der Waals surface area contributed by atoms with E-state index in [0.717, 1.165) is 12.8 Å². The molecule has 1 fully saturated rings. The Balaban J connectivity index is 1.48. The summed E-state index contributed by atoms with van der Waals surface area (Å²) in [5.41, 5.74) is 0.519. The number of carboxylic acid groups (broad SMARTS) is 1. The largest absolute Gasteiger partial charge is 0.480 e. The number of rotatable bonds is 8. The van der Waals surface area contributed by atoms with Crippen molar-refractivity contribution < 1.29 is 23.9 Å². The summed E-state index contributed by atoms with van der Waals surface area (Å²) in [6.07, 6.45) is 3.49. The minimum atomic E-state index is -1.14. The molecular weight excluding hydrogens is 452 g/mol. The van der Waals surface area contributed by atoms with Gasteiger partial charge in [0.05, 0.1) is 6.20 Å². The maximum Gasteiger partial charge on any atom is 0.326 e. The molecule has 0 aliphatic heterocycles. The summed E-state index contributed by atoms with van der Waals surface area (Å²) in [4.78, 5) is 43.6. The van der Waals surface area contributed by atoms with Gasteiger partial charge in [-0.3, -0.25) is 9.59 Å². The molecule has 1 aromatic carbocycles. The standard InChI is InChI=1S/C24H28N6O5/c1-12(13-8-9-13)26-21(32)19-28-18(29-30-19)14-6-5-7-15(10-14)22-25-11-16(35-22)20(31)27-17(23(33)34)24(2,3)4/h5-7,10-13,17H,8-9H2,1-4H3,(H,26,32)(H,27,31)(H,33,34)(H,28,29,30)/t12-,17+/m0/s1. The Hall–Kier alpha value is -4.02. The first kappa shape index (κ1) is 24.1. The van der Waals surface area contributed by atoms with Crippen LogP contribution in [0.3, 0.4) is 0 Å². The number of hydrogen-bond donors (Lipinski definition) is 4. The number of carboxylic acids is 1. The third kappa shape index (κ3) is 5.56. The molecule has 0 bridgehead atoms. The SMILES string of the molecule is C[C@H](NC(=O)c1nnc(-c2cccc(-c3ncc(C(=O)N[C@H](C(=O)O)C(C)(C)C)o3)c2)[nH]1)C1CC1. The van der Waals surface area contributed by atoms with E-state index in [0.29, 0.717) is 22.9 Å². The Bertz CT molecular complexity index is 1250. The first-order valence-corrected chi connectivity index (χ1v) is 11.4. The molecule has 11 nitrogen and oxygen atoms in total. The molecule has 4 N–H and O–H groups in total. The van der Waals surface area contributed by atoms with Gasteiger partial charge in [-0.1, -0.05) is 32.9 Å². The van der Waals surface area contributed by atoms with E-state index in [9.17, 15) is 19.5 Å². The van der Waals surface area contributed by atoms with Crippen LogP contribution in [0.1, 0.15) is 61.7 Å². The van der Waals surface area contributed by atoms with Gasteiger partial charge in [0.1, 0.15) is 6.04 Å². The Morgan fingerprint density at radius 3 is 2.49 bits per heavy atom. The molecule has 3 aromatic rings. The summed E-state index contributed by atoms with van der Waals surface area (Å²) >= 11 is 0. The minimum absolute atomic E-state index is 0.0879. The number of amides is 2. The summed E-state index contributed by atoms with van der Waals surface area (Å²) in [6, 6.07) is 6.01. The molecule has 2 aromatic heterocycles. The van der Waals surface area contributed by atoms with Gasteiger partial charge in [0.25, 0.3) is 11.8 Å². The summed E-state index contributed by atoms with van der Waals surface area (Å²) in [5.74, 6) is -1.00. The fourth-order valence-electron chi connectivity index (χ4n) is 3.65. The van der Waals surface area contributed by atoms with Crippen molar-refractivity contribution in [3.05, 3.63) is 42.0 Å². The molecule has 1 aliphatic carbocycles. The van der Waals surface area contributed by atoms with Gasteiger partial charge < -0.3 is 25.1 Å². The van der Waals surface area contributed by atoms with E-state index in [1.807, 2.05) is 6.92 Å². The maximum absolute atomic E-state index is 12.6. The molecule has 0 spiro atoms. The molecule has 35 heavy (non-hydrogen) atoms. The van der Waals surface area contributed by atoms with E-state index < -0.39 is 23.3 Å². The maximum atomic E-state index is 12.6. The molecule has 2 atom stereocenters. The zero-order valence-electron chi connectivity index (χ0n) is 20.0. The number of aliphatic carboxylic acids is 1. The normalized spacial score (nSPS) is 15.3. The molecule has 11 heteroatoms. The number of aromatic nitrogens is 4. The van der Waals surface area contributed by atoms with Crippen LogP contribution in [-0.2, 0) is 4.79 Å². The molecule has 1 aliphatic rings. The molecular formula is C24H28N6O5. The highest BCUT2D eigenvalue weighted by Crippen LogP contribution is 2.32. The highest BCUT2D eigenvalue weighted by Gasteiger charge is 2.34. The summed E-state index contributed by atoms with van der Waals surface area (Å²) in [6.45, 7) is 7.13. The predicted molar refractivity (Wildman–Crippen MR) is 125 cm³/mol. The molecule has 0 radical (unpaired) electrons. The lowest BCUT2D eigenvalue weighted by atomic mass is 9.87. The second kappa shape index (κ2) is 9.32. The predicted octanol–water partition coefficient (Wildman–Crippen LogP) is 2.88. The van der Waals surface area contributed by atoms with Crippen LogP contribution in [0, 0.1) is 11.3 Å². The van der Waals surface area contributed by atoms with E-state index in [1.165, 1.54) is 6.20 Å². The zero-order valence-corrected chi connectivity index (χ0v) is 20.0. The van der Waals surface area contributed by atoms with Crippen molar-refractivity contribution >= 4 is 17.8 Å². The Labute approximate surface area is 201 Å². The van der Waals surface area contributed by atoms with E-state index in [4.69, 9.17) is 4.42 Å². The van der Waals surface area contributed by atoms with Crippen LogP contribution < -0.4 is 10.6 Å². The van der Waals surface area contributed by atoms with Crippen LogP contribution in [0.25, 0.3) is 22.8 Å². The second-order valence-corrected chi connectivity index (χ2v) is 9.84. The second-order valence-electron chi connectivity index (χ2n) is 9.84. The Kier molecular flexibility index (Phi) is 6.42. The van der Waals surface area contributed by atoms with Crippen molar-refractivity contribution in [2.45, 2.75) is 52.6 Å². The molecule has 2 amide bonds. The van der Waals surface area contributed by atoms with Crippen LogP contribution in [0.5, 0.6) is 0 Å². The fraction of sp³-hybridized carbons (Fsp3) is 0.417. The number of carbonyl (C=O) groups excluding carboxylic acids is 2. The number of nitrogens with zero attached hydrogens (tertiary/aromatic N) is 3. The topological polar surface area (TPSA) is 163 Å². The molecule has 1 saturated carbocycles. The first-order valence-electron chi connectivity index (χ1n) is 11.4. The van der Waals surface area contributed by atoms with Crippen LogP contribution in [0.15, 0.2) is 34.9 Å². The van der Waals surface area contributed by atoms with E-state index in [-0.39, 0.29) is 29.4 Å². The van der Waals surface area contributed by atoms with Crippen molar-refractivity contribution in [3.8, 4) is 22.8 Å². The van der Waals surface area contributed by atoms with Gasteiger partial charge in [-0.15, -0.1) is 10.2 Å². The number of carbonyl (C=O) groups is 3. The average Bonchev–Trinajstić information content (AvgIpc) is 3.32. The number of nitrogens with one attached hydrogen (secondary N) is 3.